The second-order valence-corrected chi connectivity index (χ2v) is 6.76. The van der Waals surface area contributed by atoms with Crippen molar-refractivity contribution in [3.8, 4) is 0 Å². The Labute approximate surface area is 123 Å². The molecule has 2 atom stereocenters. The number of hydrogen-bond donors (Lipinski definition) is 2. The second kappa shape index (κ2) is 4.26. The zero-order valence-corrected chi connectivity index (χ0v) is 12.8. The molecule has 21 heavy (non-hydrogen) atoms. The number of carbonyl (C=O) groups is 1. The second-order valence-electron chi connectivity index (χ2n) is 6.76. The van der Waals surface area contributed by atoms with Gasteiger partial charge in [0.1, 0.15) is 5.71 Å². The van der Waals surface area contributed by atoms with Crippen LogP contribution in [0.5, 0.6) is 0 Å². The minimum absolute atomic E-state index is 0.0211. The molecule has 2 N–H and O–H groups in total. The fourth-order valence-electron chi connectivity index (χ4n) is 3.79. The summed E-state index contributed by atoms with van der Waals surface area (Å²) in [6.45, 7) is 8.29. The summed E-state index contributed by atoms with van der Waals surface area (Å²) < 4.78 is 0. The highest BCUT2D eigenvalue weighted by molar-refractivity contribution is 6.34. The van der Waals surface area contributed by atoms with E-state index in [1.165, 1.54) is 18.9 Å². The number of rotatable bonds is 3. The summed E-state index contributed by atoms with van der Waals surface area (Å²) in [5.41, 5.74) is 5.18. The Morgan fingerprint density at radius 3 is 2.86 bits per heavy atom. The largest absolute Gasteiger partial charge is 0.477 e. The molecule has 0 unspecified atom stereocenters. The molecule has 2 aliphatic carbocycles. The van der Waals surface area contributed by atoms with Crippen LogP contribution in [-0.2, 0) is 10.2 Å². The molecular formula is C15H20N4O2. The first kappa shape index (κ1) is 14.0. The van der Waals surface area contributed by atoms with Gasteiger partial charge in [-0.25, -0.2) is 20.2 Å². The monoisotopic (exact) mass is 288 g/mol. The van der Waals surface area contributed by atoms with Gasteiger partial charge in [0.15, 0.2) is 0 Å². The van der Waals surface area contributed by atoms with Crippen LogP contribution in [-0.4, -0.2) is 26.8 Å². The van der Waals surface area contributed by atoms with Crippen LogP contribution >= 0.6 is 0 Å². The molecule has 0 amide bonds. The predicted octanol–water partition coefficient (Wildman–Crippen LogP) is 2.52. The number of carboxylic acids is 1. The number of hydrogen-bond acceptors (Lipinski definition) is 5. The van der Waals surface area contributed by atoms with Gasteiger partial charge in [-0.3, -0.25) is 0 Å². The molecule has 1 saturated carbocycles. The number of anilines is 1. The summed E-state index contributed by atoms with van der Waals surface area (Å²) in [7, 11) is 0. The third-order valence-electron chi connectivity index (χ3n) is 5.57. The SMILES string of the molecule is C/C(=N\Nc1ncc2c(n1)[C@]1(C)CC[C@H]2C1(C)C)C(=O)O. The molecular weight excluding hydrogens is 268 g/mol. The fraction of sp³-hybridized carbons (Fsp3) is 0.600. The van der Waals surface area contributed by atoms with Crippen molar-refractivity contribution in [1.29, 1.82) is 0 Å². The lowest BCUT2D eigenvalue weighted by atomic mass is 9.70. The number of nitrogens with one attached hydrogen (secondary N) is 1. The van der Waals surface area contributed by atoms with E-state index in [1.54, 1.807) is 0 Å². The summed E-state index contributed by atoms with van der Waals surface area (Å²) in [6.07, 6.45) is 4.18. The van der Waals surface area contributed by atoms with Gasteiger partial charge in [-0.05, 0) is 36.7 Å². The van der Waals surface area contributed by atoms with Gasteiger partial charge in [0.25, 0.3) is 0 Å². The van der Waals surface area contributed by atoms with E-state index in [2.05, 4.69) is 41.3 Å². The fourth-order valence-corrected chi connectivity index (χ4v) is 3.79. The molecule has 112 valence electrons. The van der Waals surface area contributed by atoms with E-state index in [1.807, 2.05) is 6.20 Å². The third kappa shape index (κ3) is 1.78. The topological polar surface area (TPSA) is 87.5 Å². The molecule has 2 bridgehead atoms. The van der Waals surface area contributed by atoms with Crippen molar-refractivity contribution >= 4 is 17.6 Å². The van der Waals surface area contributed by atoms with Crippen molar-refractivity contribution in [2.24, 2.45) is 10.5 Å². The Kier molecular flexibility index (Phi) is 2.83. The lowest BCUT2D eigenvalue weighted by molar-refractivity contribution is -0.129. The summed E-state index contributed by atoms with van der Waals surface area (Å²) in [6, 6.07) is 0. The molecule has 6 heteroatoms. The molecule has 3 rings (SSSR count). The number of hydrazone groups is 1. The normalized spacial score (nSPS) is 29.3. The quantitative estimate of drug-likeness (QED) is 0.659. The highest BCUT2D eigenvalue weighted by Crippen LogP contribution is 2.66. The van der Waals surface area contributed by atoms with Crippen LogP contribution in [0, 0.1) is 5.41 Å². The van der Waals surface area contributed by atoms with Crippen LogP contribution in [0.1, 0.15) is 57.7 Å². The van der Waals surface area contributed by atoms with Crippen LogP contribution in [0.4, 0.5) is 5.95 Å². The summed E-state index contributed by atoms with van der Waals surface area (Å²) >= 11 is 0. The van der Waals surface area contributed by atoms with E-state index < -0.39 is 5.97 Å². The lowest BCUT2D eigenvalue weighted by Crippen LogP contribution is -2.32. The molecule has 0 spiro atoms. The number of fused-ring (bicyclic) bond motifs is 5. The van der Waals surface area contributed by atoms with Gasteiger partial charge in [0.2, 0.25) is 5.95 Å². The summed E-state index contributed by atoms with van der Waals surface area (Å²) in [4.78, 5) is 19.6. The molecule has 1 fully saturated rings. The van der Waals surface area contributed by atoms with E-state index in [0.717, 1.165) is 12.1 Å². The number of nitrogens with zero attached hydrogens (tertiary/aromatic N) is 3. The van der Waals surface area contributed by atoms with E-state index in [0.29, 0.717) is 11.9 Å². The maximum absolute atomic E-state index is 10.7. The Bertz CT molecular complexity index is 653. The van der Waals surface area contributed by atoms with Crippen molar-refractivity contribution in [2.45, 2.75) is 51.9 Å². The molecule has 0 saturated heterocycles. The standard InChI is InChI=1S/C15H20N4O2/c1-8(12(20)21)18-19-13-16-7-9-10-5-6-15(4,11(9)17-13)14(10,2)3/h7,10H,5-6H2,1-4H3,(H,20,21)(H,16,17,19)/b18-8+/t10-,15+/m1/s1. The summed E-state index contributed by atoms with van der Waals surface area (Å²) in [5, 5.41) is 12.6. The average molecular weight is 288 g/mol. The smallest absolute Gasteiger partial charge is 0.351 e. The van der Waals surface area contributed by atoms with Crippen LogP contribution in [0.25, 0.3) is 0 Å². The first-order valence-electron chi connectivity index (χ1n) is 7.18. The van der Waals surface area contributed by atoms with Crippen molar-refractivity contribution in [3.63, 3.8) is 0 Å². The summed E-state index contributed by atoms with van der Waals surface area (Å²) in [5.74, 6) is -0.189. The van der Waals surface area contributed by atoms with Gasteiger partial charge in [-0.1, -0.05) is 20.8 Å². The zero-order chi connectivity index (χ0) is 15.4. The van der Waals surface area contributed by atoms with Gasteiger partial charge in [-0.15, -0.1) is 0 Å². The van der Waals surface area contributed by atoms with Crippen LogP contribution in [0.3, 0.4) is 0 Å². The predicted molar refractivity (Wildman–Crippen MR) is 79.5 cm³/mol. The molecule has 1 aromatic rings. The highest BCUT2D eigenvalue weighted by Gasteiger charge is 2.60. The van der Waals surface area contributed by atoms with Crippen molar-refractivity contribution in [3.05, 3.63) is 17.5 Å². The van der Waals surface area contributed by atoms with Crippen LogP contribution in [0.2, 0.25) is 0 Å². The lowest BCUT2D eigenvalue weighted by Gasteiger charge is -2.34. The van der Waals surface area contributed by atoms with E-state index in [4.69, 9.17) is 5.11 Å². The van der Waals surface area contributed by atoms with Crippen LogP contribution in [0.15, 0.2) is 11.3 Å². The Morgan fingerprint density at radius 1 is 1.48 bits per heavy atom. The maximum atomic E-state index is 10.7. The first-order valence-corrected chi connectivity index (χ1v) is 7.18. The van der Waals surface area contributed by atoms with Crippen molar-refractivity contribution < 1.29 is 9.90 Å². The molecule has 6 nitrogen and oxygen atoms in total. The molecule has 0 aromatic carbocycles. The van der Waals surface area contributed by atoms with Gasteiger partial charge >= 0.3 is 5.97 Å². The average Bonchev–Trinajstić information content (AvgIpc) is 2.76. The van der Waals surface area contributed by atoms with Crippen molar-refractivity contribution in [1.82, 2.24) is 9.97 Å². The van der Waals surface area contributed by atoms with Gasteiger partial charge in [-0.2, -0.15) is 5.10 Å². The van der Waals surface area contributed by atoms with Crippen LogP contribution < -0.4 is 5.43 Å². The highest BCUT2D eigenvalue weighted by atomic mass is 16.4. The third-order valence-corrected chi connectivity index (χ3v) is 5.57. The van der Waals surface area contributed by atoms with E-state index in [-0.39, 0.29) is 16.5 Å². The minimum atomic E-state index is -1.06. The number of aliphatic carboxylic acids is 1. The van der Waals surface area contributed by atoms with Gasteiger partial charge in [0, 0.05) is 11.6 Å². The molecule has 2 aliphatic rings. The minimum Gasteiger partial charge on any atom is -0.477 e. The number of carboxylic acid groups (broad SMARTS) is 1. The van der Waals surface area contributed by atoms with E-state index in [9.17, 15) is 4.79 Å². The first-order chi connectivity index (χ1) is 9.77. The molecule has 1 aromatic heterocycles. The van der Waals surface area contributed by atoms with E-state index >= 15 is 0 Å². The molecule has 1 heterocycles. The Balaban J connectivity index is 1.95. The Hall–Kier alpha value is -1.98. The molecule has 0 aliphatic heterocycles. The zero-order valence-electron chi connectivity index (χ0n) is 12.8. The van der Waals surface area contributed by atoms with Crippen molar-refractivity contribution in [2.75, 3.05) is 5.43 Å². The molecule has 0 radical (unpaired) electrons. The maximum Gasteiger partial charge on any atom is 0.351 e. The van der Waals surface area contributed by atoms with Gasteiger partial charge in [0.05, 0.1) is 5.69 Å². The number of aromatic nitrogens is 2. The Morgan fingerprint density at radius 2 is 2.19 bits per heavy atom. The van der Waals surface area contributed by atoms with Gasteiger partial charge < -0.3 is 5.11 Å².